The van der Waals surface area contributed by atoms with E-state index in [1.165, 1.54) is 31.9 Å². The Morgan fingerprint density at radius 3 is 2.61 bits per heavy atom. The lowest BCUT2D eigenvalue weighted by atomic mass is 9.85. The van der Waals surface area contributed by atoms with E-state index in [1.54, 1.807) is 22.7 Å². The number of nitrogens with zero attached hydrogens (tertiary/aromatic N) is 2. The molecule has 0 atom stereocenters. The topological polar surface area (TPSA) is 42.7 Å². The van der Waals surface area contributed by atoms with E-state index in [0.29, 0.717) is 5.75 Å². The summed E-state index contributed by atoms with van der Waals surface area (Å²) in [5.74, 6) is 0.547. The Hall–Kier alpha value is -2.29. The summed E-state index contributed by atoms with van der Waals surface area (Å²) in [4.78, 5) is 16.5. The molecule has 214 valence electrons. The number of allylic oxidation sites excluding steroid dienone is 1. The van der Waals surface area contributed by atoms with Crippen LogP contribution in [0.15, 0.2) is 35.7 Å². The van der Waals surface area contributed by atoms with Crippen LogP contribution in [0.5, 0.6) is 5.75 Å². The molecular formula is C31H30Cl3N2O3S2+. The molecule has 0 unspecified atom stereocenters. The average molecular weight is 649 g/mol. The Morgan fingerprint density at radius 2 is 1.90 bits per heavy atom. The average Bonchev–Trinajstić information content (AvgIpc) is 3.60. The van der Waals surface area contributed by atoms with Gasteiger partial charge in [0, 0.05) is 46.4 Å². The number of hydrogen-bond acceptors (Lipinski definition) is 6. The second kappa shape index (κ2) is 11.4. The summed E-state index contributed by atoms with van der Waals surface area (Å²) in [7, 11) is 2.11. The number of aryl methyl sites for hydroxylation is 1. The molecule has 6 rings (SSSR count). The SMILES string of the molecule is C/C(=C\c1c(C)c2c3c(c1OC(=O)OCC(Cl)(Cl)Cl)CCCN3CCC2)c1sc2ccc(-c3cccs3)cc2[n+]1C. The van der Waals surface area contributed by atoms with Crippen LogP contribution >= 0.6 is 57.5 Å². The van der Waals surface area contributed by atoms with Gasteiger partial charge in [0.05, 0.1) is 0 Å². The van der Waals surface area contributed by atoms with Crippen molar-refractivity contribution in [1.29, 1.82) is 0 Å². The van der Waals surface area contributed by atoms with Crippen LogP contribution in [0.2, 0.25) is 0 Å². The smallest absolute Gasteiger partial charge is 0.429 e. The van der Waals surface area contributed by atoms with Crippen LogP contribution in [0.1, 0.15) is 47.0 Å². The third kappa shape index (κ3) is 5.72. The number of carbonyl (C=O) groups excluding carboxylic acids is 1. The highest BCUT2D eigenvalue weighted by molar-refractivity contribution is 7.19. The molecule has 5 nitrogen and oxygen atoms in total. The van der Waals surface area contributed by atoms with Crippen molar-refractivity contribution in [2.75, 3.05) is 24.6 Å². The molecule has 4 heterocycles. The maximum absolute atomic E-state index is 12.9. The zero-order valence-corrected chi connectivity index (χ0v) is 27.0. The van der Waals surface area contributed by atoms with E-state index >= 15 is 0 Å². The standard InChI is InChI=1S/C31H30Cl3N2O3S2/c1-18(29-35(3)24-16-20(10-11-26(24)41-29)25-9-6-14-40-25)15-23-19(2)21-7-4-12-36-13-5-8-22(27(21)36)28(23)39-30(37)38-17-31(32,33)34/h6,9-11,14-16H,4-5,7-8,12-13,17H2,1-3H3/q+1. The van der Waals surface area contributed by atoms with E-state index in [1.807, 2.05) is 0 Å². The molecule has 0 bridgehead atoms. The molecule has 0 saturated carbocycles. The van der Waals surface area contributed by atoms with E-state index in [-0.39, 0.29) is 0 Å². The molecule has 0 N–H and O–H groups in total. The quantitative estimate of drug-likeness (QED) is 0.0938. The maximum atomic E-state index is 12.9. The minimum absolute atomic E-state index is 0.392. The molecule has 0 spiro atoms. The predicted octanol–water partition coefficient (Wildman–Crippen LogP) is 8.91. The van der Waals surface area contributed by atoms with Gasteiger partial charge < -0.3 is 14.4 Å². The molecule has 0 radical (unpaired) electrons. The van der Waals surface area contributed by atoms with Gasteiger partial charge in [-0.2, -0.15) is 4.57 Å². The summed E-state index contributed by atoms with van der Waals surface area (Å²) in [6.07, 6.45) is 5.22. The number of hydrogen-bond donors (Lipinski definition) is 0. The fraction of sp³-hybridized carbons (Fsp3) is 0.355. The Balaban J connectivity index is 1.45. The number of carbonyl (C=O) groups is 1. The molecule has 0 aliphatic carbocycles. The zero-order valence-electron chi connectivity index (χ0n) is 23.1. The maximum Gasteiger partial charge on any atom is 0.514 e. The van der Waals surface area contributed by atoms with E-state index in [0.717, 1.165) is 66.0 Å². The van der Waals surface area contributed by atoms with Gasteiger partial charge in [0.2, 0.25) is 9.31 Å². The number of fused-ring (bicyclic) bond motifs is 1. The normalized spacial score (nSPS) is 15.3. The largest absolute Gasteiger partial charge is 0.514 e. The Morgan fingerprint density at radius 1 is 1.15 bits per heavy atom. The van der Waals surface area contributed by atoms with Gasteiger partial charge in [-0.15, -0.1) is 11.3 Å². The third-order valence-corrected chi connectivity index (χ3v) is 10.4. The highest BCUT2D eigenvalue weighted by atomic mass is 35.6. The van der Waals surface area contributed by atoms with Gasteiger partial charge in [0.1, 0.15) is 24.1 Å². The molecule has 2 aliphatic rings. The highest BCUT2D eigenvalue weighted by Gasteiger charge is 2.32. The monoisotopic (exact) mass is 647 g/mol. The number of thiazole rings is 1. The van der Waals surface area contributed by atoms with Crippen LogP contribution in [0.3, 0.4) is 0 Å². The summed E-state index contributed by atoms with van der Waals surface area (Å²) < 4.78 is 12.9. The zero-order chi connectivity index (χ0) is 28.9. The molecule has 10 heteroatoms. The highest BCUT2D eigenvalue weighted by Crippen LogP contribution is 2.46. The molecule has 2 aromatic heterocycles. The van der Waals surface area contributed by atoms with E-state index < -0.39 is 16.6 Å². The van der Waals surface area contributed by atoms with Crippen molar-refractivity contribution in [3.05, 3.63) is 63.0 Å². The molecule has 2 aromatic carbocycles. The lowest BCUT2D eigenvalue weighted by Crippen LogP contribution is -2.35. The first-order chi connectivity index (χ1) is 19.6. The fourth-order valence-electron chi connectivity index (χ4n) is 6.02. The number of alkyl halides is 3. The Labute approximate surface area is 262 Å². The van der Waals surface area contributed by atoms with Crippen LogP contribution in [0, 0.1) is 6.92 Å². The van der Waals surface area contributed by atoms with Crippen LogP contribution in [0.4, 0.5) is 10.5 Å². The van der Waals surface area contributed by atoms with Crippen LogP contribution in [0.25, 0.3) is 32.3 Å². The third-order valence-electron chi connectivity index (χ3n) is 7.85. The number of ether oxygens (including phenoxy) is 2. The first-order valence-electron chi connectivity index (χ1n) is 13.6. The molecule has 2 aliphatic heterocycles. The number of anilines is 1. The fourth-order valence-corrected chi connectivity index (χ4v) is 8.01. The van der Waals surface area contributed by atoms with Gasteiger partial charge in [-0.3, -0.25) is 0 Å². The number of benzene rings is 2. The second-order valence-corrected chi connectivity index (χ2v) is 15.1. The molecule has 0 saturated heterocycles. The molecule has 41 heavy (non-hydrogen) atoms. The second-order valence-electron chi connectivity index (χ2n) is 10.6. The van der Waals surface area contributed by atoms with E-state index in [4.69, 9.17) is 44.3 Å². The van der Waals surface area contributed by atoms with Crippen molar-refractivity contribution in [1.82, 2.24) is 0 Å². The molecular weight excluding hydrogens is 619 g/mol. The number of aromatic nitrogens is 1. The van der Waals surface area contributed by atoms with Gasteiger partial charge >= 0.3 is 6.16 Å². The Kier molecular flexibility index (Phi) is 8.02. The van der Waals surface area contributed by atoms with E-state index in [2.05, 4.69) is 72.2 Å². The van der Waals surface area contributed by atoms with Crippen molar-refractivity contribution in [3.8, 4) is 16.2 Å². The van der Waals surface area contributed by atoms with Crippen molar-refractivity contribution < 1.29 is 18.8 Å². The van der Waals surface area contributed by atoms with Crippen molar-refractivity contribution in [2.24, 2.45) is 7.05 Å². The van der Waals surface area contributed by atoms with Crippen LogP contribution in [-0.2, 0) is 24.6 Å². The van der Waals surface area contributed by atoms with Gasteiger partial charge in [0.15, 0.2) is 0 Å². The van der Waals surface area contributed by atoms with Crippen LogP contribution < -0.4 is 14.2 Å². The number of thiophene rings is 1. The first-order valence-corrected chi connectivity index (χ1v) is 16.4. The van der Waals surface area contributed by atoms with Gasteiger partial charge in [-0.1, -0.05) is 58.3 Å². The van der Waals surface area contributed by atoms with E-state index in [9.17, 15) is 4.79 Å². The molecule has 0 amide bonds. The number of halogens is 3. The number of rotatable bonds is 5. The van der Waals surface area contributed by atoms with Gasteiger partial charge in [0.25, 0.3) is 5.01 Å². The minimum atomic E-state index is -1.71. The molecule has 0 fully saturated rings. The van der Waals surface area contributed by atoms with Crippen LogP contribution in [-0.4, -0.2) is 29.6 Å². The van der Waals surface area contributed by atoms with Gasteiger partial charge in [-0.25, -0.2) is 4.79 Å². The van der Waals surface area contributed by atoms with Crippen molar-refractivity contribution in [2.45, 2.75) is 43.3 Å². The summed E-state index contributed by atoms with van der Waals surface area (Å²) in [5, 5.41) is 3.24. The van der Waals surface area contributed by atoms with Crippen molar-refractivity contribution >= 4 is 91.2 Å². The molecule has 4 aromatic rings. The van der Waals surface area contributed by atoms with Gasteiger partial charge in [-0.05, 0) is 79.8 Å². The van der Waals surface area contributed by atoms with Crippen molar-refractivity contribution in [3.63, 3.8) is 0 Å². The predicted molar refractivity (Wildman–Crippen MR) is 172 cm³/mol. The minimum Gasteiger partial charge on any atom is -0.429 e. The lowest BCUT2D eigenvalue weighted by molar-refractivity contribution is -0.642. The summed E-state index contributed by atoms with van der Waals surface area (Å²) >= 11 is 21.0. The summed E-state index contributed by atoms with van der Waals surface area (Å²) in [5.41, 5.74) is 9.13. The summed E-state index contributed by atoms with van der Waals surface area (Å²) in [6, 6.07) is 10.9. The lowest BCUT2D eigenvalue weighted by Gasteiger charge is -2.39. The Bertz CT molecular complexity index is 1670. The first kappa shape index (κ1) is 28.8. The summed E-state index contributed by atoms with van der Waals surface area (Å²) in [6.45, 7) is 5.88.